The summed E-state index contributed by atoms with van der Waals surface area (Å²) >= 11 is 0. The first kappa shape index (κ1) is 60.6. The number of fused-ring (bicyclic) bond motifs is 4. The van der Waals surface area contributed by atoms with Gasteiger partial charge in [0.25, 0.3) is 6.71 Å². The van der Waals surface area contributed by atoms with Crippen molar-refractivity contribution in [2.24, 2.45) is 0 Å². The molecule has 3 heterocycles. The third-order valence-corrected chi connectivity index (χ3v) is 20.2. The van der Waals surface area contributed by atoms with Crippen molar-refractivity contribution in [3.63, 3.8) is 0 Å². The van der Waals surface area contributed by atoms with Crippen LogP contribution in [0.2, 0.25) is 0 Å². The number of nitrogens with zero attached hydrogens (tertiary/aromatic N) is 4. The highest BCUT2D eigenvalue weighted by Gasteiger charge is 2.45. The van der Waals surface area contributed by atoms with Crippen molar-refractivity contribution in [3.05, 3.63) is 184 Å². The first-order valence-electron chi connectivity index (χ1n) is 33.4. The van der Waals surface area contributed by atoms with Crippen LogP contribution < -0.4 is 26.2 Å². The van der Waals surface area contributed by atoms with E-state index in [-0.39, 0.29) is 39.2 Å². The number of benzene rings is 7. The van der Waals surface area contributed by atoms with E-state index in [1.165, 1.54) is 159 Å². The SMILES string of the molecule is CC(C)(C)c1ccc(N2c3cc(C4CCCCC4)ccc3B3c4ccc(C5CCCCC5)cc4N(c4ccc(C(C)(C)C)cc4)c4cc(-c5nc(-c6cc(C(C)(C)C)cc(C(C)(C)C)c6)cc(-c6cc(C(C)(C)C)cc(C(C)(C)C)c6)n5)cc2c43)cc1. The lowest BCUT2D eigenvalue weighted by atomic mass is 9.33. The Hall–Kier alpha value is -6.72. The Kier molecular flexibility index (Phi) is 15.4. The van der Waals surface area contributed by atoms with E-state index in [0.29, 0.717) is 11.8 Å². The zero-order valence-corrected chi connectivity index (χ0v) is 56.4. The van der Waals surface area contributed by atoms with E-state index in [0.717, 1.165) is 33.9 Å². The number of anilines is 6. The van der Waals surface area contributed by atoms with Crippen molar-refractivity contribution in [2.75, 3.05) is 9.80 Å². The highest BCUT2D eigenvalue weighted by Crippen LogP contribution is 2.49. The van der Waals surface area contributed by atoms with Crippen LogP contribution in [-0.2, 0) is 32.5 Å². The molecule has 87 heavy (non-hydrogen) atoms. The zero-order chi connectivity index (χ0) is 61.9. The molecule has 12 rings (SSSR count). The maximum absolute atomic E-state index is 5.91. The Morgan fingerprint density at radius 1 is 0.322 bits per heavy atom. The molecule has 4 aliphatic rings. The summed E-state index contributed by atoms with van der Waals surface area (Å²) in [6.45, 7) is 42.0. The second kappa shape index (κ2) is 22.1. The van der Waals surface area contributed by atoms with Crippen LogP contribution in [0.1, 0.15) is 245 Å². The van der Waals surface area contributed by atoms with Gasteiger partial charge >= 0.3 is 0 Å². The number of hydrogen-bond acceptors (Lipinski definition) is 4. The molecule has 4 nitrogen and oxygen atoms in total. The highest BCUT2D eigenvalue weighted by atomic mass is 15.2. The first-order valence-corrected chi connectivity index (χ1v) is 33.4. The van der Waals surface area contributed by atoms with Crippen LogP contribution in [0, 0.1) is 0 Å². The molecule has 2 saturated carbocycles. The molecule has 450 valence electrons. The first-order chi connectivity index (χ1) is 40.9. The van der Waals surface area contributed by atoms with Gasteiger partial charge in [-0.25, -0.2) is 9.97 Å². The molecule has 8 aromatic rings. The Morgan fingerprint density at radius 3 is 0.977 bits per heavy atom. The number of rotatable bonds is 7. The summed E-state index contributed by atoms with van der Waals surface area (Å²) in [4.78, 5) is 17.1. The van der Waals surface area contributed by atoms with Crippen LogP contribution in [0.3, 0.4) is 0 Å². The molecule has 0 N–H and O–H groups in total. The van der Waals surface area contributed by atoms with Crippen molar-refractivity contribution in [1.29, 1.82) is 0 Å². The molecule has 2 aliphatic carbocycles. The quantitative estimate of drug-likeness (QED) is 0.149. The Bertz CT molecular complexity index is 3570. The fourth-order valence-corrected chi connectivity index (χ4v) is 14.5. The van der Waals surface area contributed by atoms with Crippen molar-refractivity contribution in [3.8, 4) is 33.9 Å². The second-order valence-corrected chi connectivity index (χ2v) is 33.0. The Morgan fingerprint density at radius 2 is 0.655 bits per heavy atom. The number of hydrogen-bond donors (Lipinski definition) is 0. The molecular formula is C82H99BN4. The molecule has 5 heteroatoms. The summed E-state index contributed by atoms with van der Waals surface area (Å²) in [6.07, 6.45) is 12.8. The lowest BCUT2D eigenvalue weighted by molar-refractivity contribution is 0.444. The topological polar surface area (TPSA) is 32.3 Å². The van der Waals surface area contributed by atoms with Gasteiger partial charge in [-0.05, 0) is 210 Å². The maximum atomic E-state index is 5.91. The van der Waals surface area contributed by atoms with Gasteiger partial charge in [0.15, 0.2) is 5.82 Å². The van der Waals surface area contributed by atoms with E-state index in [1.54, 1.807) is 0 Å². The van der Waals surface area contributed by atoms with Gasteiger partial charge < -0.3 is 9.80 Å². The molecule has 0 radical (unpaired) electrons. The van der Waals surface area contributed by atoms with Gasteiger partial charge in [0, 0.05) is 50.8 Å². The van der Waals surface area contributed by atoms with Crippen LogP contribution in [0.15, 0.2) is 140 Å². The van der Waals surface area contributed by atoms with E-state index in [4.69, 9.17) is 9.97 Å². The predicted octanol–water partition coefficient (Wildman–Crippen LogP) is 21.4. The average Bonchev–Trinajstić information content (AvgIpc) is 0.704. The van der Waals surface area contributed by atoms with Crippen LogP contribution in [-0.4, -0.2) is 16.7 Å². The van der Waals surface area contributed by atoms with Crippen LogP contribution in [0.5, 0.6) is 0 Å². The molecule has 0 spiro atoms. The van der Waals surface area contributed by atoms with Gasteiger partial charge in [-0.1, -0.05) is 224 Å². The minimum atomic E-state index is -0.0849. The molecule has 0 bridgehead atoms. The third kappa shape index (κ3) is 11.9. The van der Waals surface area contributed by atoms with Gasteiger partial charge in [-0.2, -0.15) is 0 Å². The molecule has 0 atom stereocenters. The molecule has 2 fully saturated rings. The summed E-state index contributed by atoms with van der Waals surface area (Å²) in [5.41, 5.74) is 26.9. The minimum Gasteiger partial charge on any atom is -0.311 e. The summed E-state index contributed by atoms with van der Waals surface area (Å²) < 4.78 is 0. The third-order valence-electron chi connectivity index (χ3n) is 20.2. The van der Waals surface area contributed by atoms with E-state index >= 15 is 0 Å². The molecular weight excluding hydrogens is 1050 g/mol. The van der Waals surface area contributed by atoms with Gasteiger partial charge in [0.1, 0.15) is 0 Å². The Balaban J connectivity index is 1.21. The van der Waals surface area contributed by atoms with Crippen molar-refractivity contribution in [2.45, 2.75) is 233 Å². The summed E-state index contributed by atoms with van der Waals surface area (Å²) in [5, 5.41) is 0. The van der Waals surface area contributed by atoms with Gasteiger partial charge in [0.05, 0.1) is 11.4 Å². The average molecular weight is 1150 g/mol. The van der Waals surface area contributed by atoms with E-state index in [1.807, 2.05) is 0 Å². The standard InChI is InChI=1S/C82H99BN4/c1-77(2,3)59-31-35-65(36-32-59)86-71-45-54(52-25-21-19-22-26-52)29-39-67(71)83-68-40-30-55(53-27-23-20-24-28-53)46-72(68)87(66-37-33-60(34-38-66)78(4,5)6)74-48-58(47-73(86)75(74)83)76-84-69(56-41-61(79(7,8)9)49-62(42-56)80(10,11)12)51-70(85-76)57-43-63(81(13,14)15)50-64(44-57)82(16,17)18/h29-53H,19-28H2,1-18H3. The predicted molar refractivity (Wildman–Crippen MR) is 376 cm³/mol. The molecule has 0 amide bonds. The highest BCUT2D eigenvalue weighted by molar-refractivity contribution is 7.00. The van der Waals surface area contributed by atoms with Crippen LogP contribution in [0.25, 0.3) is 33.9 Å². The van der Waals surface area contributed by atoms with Crippen LogP contribution >= 0.6 is 0 Å². The Labute approximate surface area is 525 Å². The van der Waals surface area contributed by atoms with Gasteiger partial charge in [0.2, 0.25) is 0 Å². The number of aromatic nitrogens is 2. The van der Waals surface area contributed by atoms with Crippen molar-refractivity contribution < 1.29 is 0 Å². The van der Waals surface area contributed by atoms with Crippen molar-refractivity contribution >= 4 is 57.2 Å². The van der Waals surface area contributed by atoms with Crippen LogP contribution in [0.4, 0.5) is 34.1 Å². The molecule has 0 unspecified atom stereocenters. The smallest absolute Gasteiger partial charge is 0.252 e. The molecule has 1 aromatic heterocycles. The molecule has 2 aliphatic heterocycles. The largest absolute Gasteiger partial charge is 0.311 e. The van der Waals surface area contributed by atoms with E-state index in [2.05, 4.69) is 274 Å². The molecule has 7 aromatic carbocycles. The fraction of sp³-hybridized carbons (Fsp3) is 0.439. The molecule has 0 saturated heterocycles. The summed E-state index contributed by atoms with van der Waals surface area (Å²) in [6, 6.07) is 56.2. The van der Waals surface area contributed by atoms with E-state index < -0.39 is 0 Å². The summed E-state index contributed by atoms with van der Waals surface area (Å²) in [5.74, 6) is 1.81. The maximum Gasteiger partial charge on any atom is 0.252 e. The normalized spacial score (nSPS) is 16.2. The second-order valence-electron chi connectivity index (χ2n) is 33.0. The summed E-state index contributed by atoms with van der Waals surface area (Å²) in [7, 11) is 0. The lowest BCUT2D eigenvalue weighted by Crippen LogP contribution is -2.61. The fourth-order valence-electron chi connectivity index (χ4n) is 14.5. The van der Waals surface area contributed by atoms with Gasteiger partial charge in [-0.15, -0.1) is 0 Å². The minimum absolute atomic E-state index is 0.0000443. The lowest BCUT2D eigenvalue weighted by Gasteiger charge is -2.45. The van der Waals surface area contributed by atoms with Crippen molar-refractivity contribution in [1.82, 2.24) is 9.97 Å². The monoisotopic (exact) mass is 1150 g/mol. The zero-order valence-electron chi connectivity index (χ0n) is 56.4. The van der Waals surface area contributed by atoms with Gasteiger partial charge in [-0.3, -0.25) is 0 Å². The van der Waals surface area contributed by atoms with E-state index in [9.17, 15) is 0 Å².